The molecule has 7 heteroatoms. The standard InChI is InChI=1S/C13H20N2O3S2/c1-13(2,16)9-15(3)20(17,18)8-10-4-6-11(7-5-10)12(14)19/h4-7,16H,8-9H2,1-3H3,(H2,14,19). The van der Waals surface area contributed by atoms with E-state index >= 15 is 0 Å². The van der Waals surface area contributed by atoms with Crippen molar-refractivity contribution in [3.8, 4) is 0 Å². The Morgan fingerprint density at radius 3 is 2.25 bits per heavy atom. The molecule has 0 saturated heterocycles. The predicted octanol–water partition coefficient (Wildman–Crippen LogP) is 0.853. The van der Waals surface area contributed by atoms with Crippen LogP contribution >= 0.6 is 12.2 Å². The minimum atomic E-state index is -3.47. The third kappa shape index (κ3) is 5.16. The van der Waals surface area contributed by atoms with Gasteiger partial charge in [0.05, 0.1) is 11.4 Å². The summed E-state index contributed by atoms with van der Waals surface area (Å²) in [5.74, 6) is -0.128. The first-order valence-corrected chi connectivity index (χ1v) is 8.08. The van der Waals surface area contributed by atoms with E-state index in [-0.39, 0.29) is 17.3 Å². The second-order valence-corrected chi connectivity index (χ2v) is 7.90. The summed E-state index contributed by atoms with van der Waals surface area (Å²) in [7, 11) is -2.02. The summed E-state index contributed by atoms with van der Waals surface area (Å²) < 4.78 is 25.5. The molecule has 1 aromatic carbocycles. The maximum absolute atomic E-state index is 12.2. The number of thiocarbonyl (C=S) groups is 1. The van der Waals surface area contributed by atoms with E-state index in [1.54, 1.807) is 38.1 Å². The highest BCUT2D eigenvalue weighted by molar-refractivity contribution is 7.88. The number of aliphatic hydroxyl groups is 1. The highest BCUT2D eigenvalue weighted by Crippen LogP contribution is 2.13. The van der Waals surface area contributed by atoms with Crippen molar-refractivity contribution in [2.45, 2.75) is 25.2 Å². The van der Waals surface area contributed by atoms with Crippen LogP contribution in [-0.4, -0.2) is 42.0 Å². The summed E-state index contributed by atoms with van der Waals surface area (Å²) in [6.45, 7) is 3.17. The predicted molar refractivity (Wildman–Crippen MR) is 83.9 cm³/mol. The van der Waals surface area contributed by atoms with Crippen LogP contribution in [0.15, 0.2) is 24.3 Å². The highest BCUT2D eigenvalue weighted by Gasteiger charge is 2.24. The zero-order valence-electron chi connectivity index (χ0n) is 11.8. The van der Waals surface area contributed by atoms with Crippen molar-refractivity contribution < 1.29 is 13.5 Å². The van der Waals surface area contributed by atoms with Crippen molar-refractivity contribution in [2.75, 3.05) is 13.6 Å². The fraction of sp³-hybridized carbons (Fsp3) is 0.462. The molecule has 0 spiro atoms. The monoisotopic (exact) mass is 316 g/mol. The van der Waals surface area contributed by atoms with Gasteiger partial charge in [-0.3, -0.25) is 0 Å². The molecule has 0 fully saturated rings. The van der Waals surface area contributed by atoms with Gasteiger partial charge in [0, 0.05) is 19.2 Å². The lowest BCUT2D eigenvalue weighted by atomic mass is 10.1. The Hall–Kier alpha value is -1.02. The molecule has 0 aliphatic carbocycles. The molecular formula is C13H20N2O3S2. The lowest BCUT2D eigenvalue weighted by Gasteiger charge is -2.25. The Morgan fingerprint density at radius 1 is 1.35 bits per heavy atom. The first kappa shape index (κ1) is 17.0. The highest BCUT2D eigenvalue weighted by atomic mass is 32.2. The van der Waals surface area contributed by atoms with E-state index in [2.05, 4.69) is 0 Å². The van der Waals surface area contributed by atoms with Crippen LogP contribution in [-0.2, 0) is 15.8 Å². The van der Waals surface area contributed by atoms with Crippen LogP contribution in [0.1, 0.15) is 25.0 Å². The van der Waals surface area contributed by atoms with Gasteiger partial charge in [0.1, 0.15) is 4.99 Å². The number of hydrogen-bond acceptors (Lipinski definition) is 4. The van der Waals surface area contributed by atoms with Gasteiger partial charge in [-0.15, -0.1) is 0 Å². The molecule has 20 heavy (non-hydrogen) atoms. The molecule has 0 aliphatic heterocycles. The van der Waals surface area contributed by atoms with Crippen molar-refractivity contribution in [3.63, 3.8) is 0 Å². The van der Waals surface area contributed by atoms with Crippen LogP contribution in [0.4, 0.5) is 0 Å². The largest absolute Gasteiger partial charge is 0.389 e. The second kappa shape index (κ2) is 6.17. The molecule has 5 nitrogen and oxygen atoms in total. The van der Waals surface area contributed by atoms with Crippen LogP contribution in [0.2, 0.25) is 0 Å². The van der Waals surface area contributed by atoms with Crippen molar-refractivity contribution in [2.24, 2.45) is 5.73 Å². The molecule has 0 saturated carbocycles. The molecule has 3 N–H and O–H groups in total. The van der Waals surface area contributed by atoms with Crippen LogP contribution < -0.4 is 5.73 Å². The van der Waals surface area contributed by atoms with Crippen molar-refractivity contribution in [1.82, 2.24) is 4.31 Å². The fourth-order valence-electron chi connectivity index (χ4n) is 1.73. The van der Waals surface area contributed by atoms with E-state index in [1.807, 2.05) is 0 Å². The van der Waals surface area contributed by atoms with Gasteiger partial charge in [0.25, 0.3) is 0 Å². The molecule has 0 aliphatic rings. The van der Waals surface area contributed by atoms with Gasteiger partial charge in [-0.25, -0.2) is 12.7 Å². The summed E-state index contributed by atoms with van der Waals surface area (Å²) in [5.41, 5.74) is 5.76. The Labute approximate surface area is 125 Å². The molecule has 0 unspecified atom stereocenters. The number of rotatable bonds is 6. The summed E-state index contributed by atoms with van der Waals surface area (Å²) in [4.78, 5) is 0.276. The molecule has 112 valence electrons. The van der Waals surface area contributed by atoms with Gasteiger partial charge in [-0.1, -0.05) is 36.5 Å². The van der Waals surface area contributed by atoms with Gasteiger partial charge >= 0.3 is 0 Å². The maximum atomic E-state index is 12.2. The first-order valence-electron chi connectivity index (χ1n) is 6.06. The molecule has 0 atom stereocenters. The Kier molecular flexibility index (Phi) is 5.26. The topological polar surface area (TPSA) is 83.6 Å². The van der Waals surface area contributed by atoms with E-state index in [9.17, 15) is 13.5 Å². The minimum Gasteiger partial charge on any atom is -0.389 e. The quantitative estimate of drug-likeness (QED) is 0.760. The number of sulfonamides is 1. The number of benzene rings is 1. The average molecular weight is 316 g/mol. The van der Waals surface area contributed by atoms with E-state index < -0.39 is 15.6 Å². The maximum Gasteiger partial charge on any atom is 0.218 e. The molecule has 0 bridgehead atoms. The summed E-state index contributed by atoms with van der Waals surface area (Å²) in [6.07, 6.45) is 0. The average Bonchev–Trinajstić information content (AvgIpc) is 2.26. The summed E-state index contributed by atoms with van der Waals surface area (Å²) >= 11 is 4.84. The normalized spacial score (nSPS) is 12.7. The number of hydrogen-bond donors (Lipinski definition) is 2. The van der Waals surface area contributed by atoms with Gasteiger partial charge in [-0.05, 0) is 19.4 Å². The van der Waals surface area contributed by atoms with Gasteiger partial charge in [0.15, 0.2) is 0 Å². The van der Waals surface area contributed by atoms with E-state index in [0.29, 0.717) is 11.1 Å². The Balaban J connectivity index is 2.83. The number of likely N-dealkylation sites (N-methyl/N-ethyl adjacent to an activating group) is 1. The second-order valence-electron chi connectivity index (χ2n) is 5.39. The first-order chi connectivity index (χ1) is 9.01. The Bertz CT molecular complexity index is 575. The van der Waals surface area contributed by atoms with Crippen LogP contribution in [0.5, 0.6) is 0 Å². The fourth-order valence-corrected chi connectivity index (χ4v) is 3.21. The molecule has 0 amide bonds. The third-order valence-electron chi connectivity index (χ3n) is 2.67. The summed E-state index contributed by atoms with van der Waals surface area (Å²) in [6, 6.07) is 6.76. The number of nitrogens with two attached hydrogens (primary N) is 1. The lowest BCUT2D eigenvalue weighted by molar-refractivity contribution is 0.0639. The molecule has 0 aromatic heterocycles. The molecule has 1 rings (SSSR count). The zero-order chi connectivity index (χ0) is 15.6. The lowest BCUT2D eigenvalue weighted by Crippen LogP contribution is -2.40. The Morgan fingerprint density at radius 2 is 1.85 bits per heavy atom. The molecule has 0 heterocycles. The summed E-state index contributed by atoms with van der Waals surface area (Å²) in [5, 5.41) is 9.68. The van der Waals surface area contributed by atoms with Crippen LogP contribution in [0, 0.1) is 0 Å². The van der Waals surface area contributed by atoms with Crippen molar-refractivity contribution >= 4 is 27.2 Å². The third-order valence-corrected chi connectivity index (χ3v) is 4.68. The van der Waals surface area contributed by atoms with Crippen LogP contribution in [0.25, 0.3) is 0 Å². The molecule has 0 radical (unpaired) electrons. The van der Waals surface area contributed by atoms with E-state index in [4.69, 9.17) is 18.0 Å². The number of nitrogens with zero attached hydrogens (tertiary/aromatic N) is 1. The minimum absolute atomic E-state index is 0.0420. The van der Waals surface area contributed by atoms with Crippen molar-refractivity contribution in [3.05, 3.63) is 35.4 Å². The molecular weight excluding hydrogens is 296 g/mol. The van der Waals surface area contributed by atoms with E-state index in [1.165, 1.54) is 7.05 Å². The van der Waals surface area contributed by atoms with Gasteiger partial charge in [-0.2, -0.15) is 0 Å². The smallest absolute Gasteiger partial charge is 0.218 e. The molecule has 1 aromatic rings. The van der Waals surface area contributed by atoms with Crippen LogP contribution in [0.3, 0.4) is 0 Å². The SMILES string of the molecule is CN(CC(C)(C)O)S(=O)(=O)Cc1ccc(C(N)=S)cc1. The van der Waals surface area contributed by atoms with E-state index in [0.717, 1.165) is 4.31 Å². The van der Waals surface area contributed by atoms with Gasteiger partial charge < -0.3 is 10.8 Å². The van der Waals surface area contributed by atoms with Gasteiger partial charge in [0.2, 0.25) is 10.0 Å². The zero-order valence-corrected chi connectivity index (χ0v) is 13.5. The van der Waals surface area contributed by atoms with Crippen molar-refractivity contribution in [1.29, 1.82) is 0 Å².